The first-order valence-electron chi connectivity index (χ1n) is 10.1. The third-order valence-corrected chi connectivity index (χ3v) is 5.33. The molecule has 0 fully saturated rings. The molecular formula is C28H24O2. The maximum absolute atomic E-state index is 13.4. The van der Waals surface area contributed by atoms with Crippen LogP contribution in [-0.2, 0) is 11.3 Å². The number of benzene rings is 4. The average Bonchev–Trinajstić information content (AvgIpc) is 2.82. The highest BCUT2D eigenvalue weighted by atomic mass is 16.5. The van der Waals surface area contributed by atoms with Crippen LogP contribution in [-0.4, -0.2) is 11.9 Å². The van der Waals surface area contributed by atoms with Gasteiger partial charge in [-0.2, -0.15) is 0 Å². The van der Waals surface area contributed by atoms with Crippen LogP contribution < -0.4 is 0 Å². The minimum atomic E-state index is -0.661. The van der Waals surface area contributed by atoms with Gasteiger partial charge in [0.1, 0.15) is 6.10 Å². The van der Waals surface area contributed by atoms with Crippen LogP contribution >= 0.6 is 0 Å². The quantitative estimate of drug-likeness (QED) is 0.250. The molecule has 0 aromatic heterocycles. The Morgan fingerprint density at radius 2 is 1.43 bits per heavy atom. The van der Waals surface area contributed by atoms with Crippen molar-refractivity contribution >= 4 is 16.6 Å². The zero-order valence-corrected chi connectivity index (χ0v) is 16.8. The Hall–Kier alpha value is -3.49. The molecule has 0 saturated heterocycles. The standard InChI is InChI=1S/C28H24O2/c1-2-26(25-18-17-22-13-9-10-16-24(22)19-25)28(27(29)23-14-7-4-8-15-23)30-20-21-11-5-3-6-12-21/h2-19,26,28H,1,20H2/t26-,28-/m1/s1. The van der Waals surface area contributed by atoms with E-state index >= 15 is 0 Å². The van der Waals surface area contributed by atoms with E-state index in [1.165, 1.54) is 5.39 Å². The number of Topliss-reactive ketones (excluding diaryl/α,β-unsaturated/α-hetero) is 1. The second-order valence-electron chi connectivity index (χ2n) is 7.32. The predicted octanol–water partition coefficient (Wildman–Crippen LogP) is 6.58. The van der Waals surface area contributed by atoms with Crippen molar-refractivity contribution in [1.82, 2.24) is 0 Å². The van der Waals surface area contributed by atoms with E-state index in [1.807, 2.05) is 78.9 Å². The zero-order valence-electron chi connectivity index (χ0n) is 16.8. The van der Waals surface area contributed by atoms with Gasteiger partial charge in [-0.15, -0.1) is 6.58 Å². The van der Waals surface area contributed by atoms with Crippen molar-refractivity contribution < 1.29 is 9.53 Å². The fourth-order valence-electron chi connectivity index (χ4n) is 3.72. The van der Waals surface area contributed by atoms with Crippen LogP contribution in [0.25, 0.3) is 10.8 Å². The predicted molar refractivity (Wildman–Crippen MR) is 123 cm³/mol. The smallest absolute Gasteiger partial charge is 0.192 e. The highest BCUT2D eigenvalue weighted by Gasteiger charge is 2.29. The summed E-state index contributed by atoms with van der Waals surface area (Å²) in [7, 11) is 0. The molecule has 2 heteroatoms. The minimum Gasteiger partial charge on any atom is -0.364 e. The van der Waals surface area contributed by atoms with E-state index in [4.69, 9.17) is 4.74 Å². The monoisotopic (exact) mass is 392 g/mol. The number of ketones is 1. The lowest BCUT2D eigenvalue weighted by Crippen LogP contribution is -2.30. The van der Waals surface area contributed by atoms with Gasteiger partial charge in [0, 0.05) is 11.5 Å². The molecule has 4 rings (SSSR count). The molecule has 0 heterocycles. The second-order valence-corrected chi connectivity index (χ2v) is 7.32. The Morgan fingerprint density at radius 3 is 2.13 bits per heavy atom. The van der Waals surface area contributed by atoms with Crippen LogP contribution in [0.5, 0.6) is 0 Å². The van der Waals surface area contributed by atoms with Crippen molar-refractivity contribution in [3.63, 3.8) is 0 Å². The Balaban J connectivity index is 1.69. The van der Waals surface area contributed by atoms with Gasteiger partial charge in [0.25, 0.3) is 0 Å². The summed E-state index contributed by atoms with van der Waals surface area (Å²) in [6.07, 6.45) is 1.16. The minimum absolute atomic E-state index is 0.0374. The van der Waals surface area contributed by atoms with Gasteiger partial charge < -0.3 is 4.74 Å². The van der Waals surface area contributed by atoms with E-state index in [0.29, 0.717) is 12.2 Å². The molecule has 0 aliphatic heterocycles. The Bertz CT molecular complexity index is 1130. The van der Waals surface area contributed by atoms with Crippen LogP contribution in [0.2, 0.25) is 0 Å². The molecule has 0 spiro atoms. The summed E-state index contributed by atoms with van der Waals surface area (Å²) in [5.74, 6) is -0.296. The molecule has 0 unspecified atom stereocenters. The van der Waals surface area contributed by atoms with Crippen molar-refractivity contribution in [2.24, 2.45) is 0 Å². The lowest BCUT2D eigenvalue weighted by molar-refractivity contribution is 0.0284. The molecule has 4 aromatic carbocycles. The van der Waals surface area contributed by atoms with Crippen molar-refractivity contribution in [3.05, 3.63) is 132 Å². The van der Waals surface area contributed by atoms with Crippen molar-refractivity contribution in [1.29, 1.82) is 0 Å². The highest BCUT2D eigenvalue weighted by molar-refractivity contribution is 6.00. The average molecular weight is 392 g/mol. The van der Waals surface area contributed by atoms with Gasteiger partial charge in [0.05, 0.1) is 6.61 Å². The summed E-state index contributed by atoms with van der Waals surface area (Å²) in [5, 5.41) is 2.30. The molecule has 30 heavy (non-hydrogen) atoms. The van der Waals surface area contributed by atoms with Gasteiger partial charge in [-0.25, -0.2) is 0 Å². The van der Waals surface area contributed by atoms with E-state index in [0.717, 1.165) is 16.5 Å². The lowest BCUT2D eigenvalue weighted by atomic mass is 9.87. The molecule has 0 radical (unpaired) electrons. The zero-order chi connectivity index (χ0) is 20.8. The van der Waals surface area contributed by atoms with Crippen LogP contribution in [0.3, 0.4) is 0 Å². The molecule has 148 valence electrons. The molecule has 0 aliphatic rings. The van der Waals surface area contributed by atoms with Gasteiger partial charge in [-0.05, 0) is 21.9 Å². The molecular weight excluding hydrogens is 368 g/mol. The largest absolute Gasteiger partial charge is 0.364 e. The van der Waals surface area contributed by atoms with E-state index < -0.39 is 6.10 Å². The lowest BCUT2D eigenvalue weighted by Gasteiger charge is -2.25. The number of fused-ring (bicyclic) bond motifs is 1. The number of hydrogen-bond donors (Lipinski definition) is 0. The first-order valence-corrected chi connectivity index (χ1v) is 10.1. The van der Waals surface area contributed by atoms with E-state index in [1.54, 1.807) is 0 Å². The Kier molecular flexibility index (Phi) is 6.17. The number of ether oxygens (including phenoxy) is 1. The van der Waals surface area contributed by atoms with Crippen LogP contribution in [0.4, 0.5) is 0 Å². The molecule has 0 aliphatic carbocycles. The topological polar surface area (TPSA) is 26.3 Å². The van der Waals surface area contributed by atoms with Gasteiger partial charge in [-0.1, -0.05) is 109 Å². The molecule has 0 bridgehead atoms. The maximum atomic E-state index is 13.4. The van der Waals surface area contributed by atoms with Crippen molar-refractivity contribution in [2.45, 2.75) is 18.6 Å². The van der Waals surface area contributed by atoms with Crippen molar-refractivity contribution in [3.8, 4) is 0 Å². The summed E-state index contributed by atoms with van der Waals surface area (Å²) >= 11 is 0. The second kappa shape index (κ2) is 9.34. The van der Waals surface area contributed by atoms with Crippen LogP contribution in [0.1, 0.15) is 27.4 Å². The maximum Gasteiger partial charge on any atom is 0.192 e. The van der Waals surface area contributed by atoms with E-state index in [9.17, 15) is 4.79 Å². The summed E-state index contributed by atoms with van der Waals surface area (Å²) in [4.78, 5) is 13.4. The third kappa shape index (κ3) is 4.40. The molecule has 0 saturated carbocycles. The van der Waals surface area contributed by atoms with Crippen molar-refractivity contribution in [2.75, 3.05) is 0 Å². The Labute approximate surface area is 177 Å². The van der Waals surface area contributed by atoms with E-state index in [2.05, 4.69) is 36.9 Å². The number of carbonyl (C=O) groups excluding carboxylic acids is 1. The molecule has 2 atom stereocenters. The normalized spacial score (nSPS) is 12.9. The fraction of sp³-hybridized carbons (Fsp3) is 0.107. The fourth-order valence-corrected chi connectivity index (χ4v) is 3.72. The summed E-state index contributed by atoms with van der Waals surface area (Å²) in [6, 6.07) is 33.7. The van der Waals surface area contributed by atoms with Gasteiger partial charge >= 0.3 is 0 Å². The summed E-state index contributed by atoms with van der Waals surface area (Å²) in [5.41, 5.74) is 2.69. The molecule has 0 amide bonds. The number of hydrogen-bond acceptors (Lipinski definition) is 2. The SMILES string of the molecule is C=C[C@H](c1ccc2ccccc2c1)[C@@H](OCc1ccccc1)C(=O)c1ccccc1. The molecule has 4 aromatic rings. The number of carbonyl (C=O) groups is 1. The first kappa shape index (κ1) is 19.8. The highest BCUT2D eigenvalue weighted by Crippen LogP contribution is 2.29. The summed E-state index contributed by atoms with van der Waals surface area (Å²) in [6.45, 7) is 4.40. The van der Waals surface area contributed by atoms with E-state index in [-0.39, 0.29) is 11.7 Å². The molecule has 0 N–H and O–H groups in total. The van der Waals surface area contributed by atoms with Gasteiger partial charge in [-0.3, -0.25) is 4.79 Å². The van der Waals surface area contributed by atoms with Crippen LogP contribution in [0, 0.1) is 0 Å². The Morgan fingerprint density at radius 1 is 0.800 bits per heavy atom. The third-order valence-electron chi connectivity index (χ3n) is 5.33. The first-order chi connectivity index (χ1) is 14.8. The summed E-state index contributed by atoms with van der Waals surface area (Å²) < 4.78 is 6.24. The molecule has 2 nitrogen and oxygen atoms in total. The van der Waals surface area contributed by atoms with Gasteiger partial charge in [0.2, 0.25) is 0 Å². The number of rotatable bonds is 8. The van der Waals surface area contributed by atoms with Crippen LogP contribution in [0.15, 0.2) is 116 Å². The van der Waals surface area contributed by atoms with Gasteiger partial charge in [0.15, 0.2) is 5.78 Å².